The molecule has 0 amide bonds. The molecule has 4 aliphatic rings. The maximum Gasteiger partial charge on any atom is 0.333 e. The Morgan fingerprint density at radius 3 is 1.74 bits per heavy atom. The van der Waals surface area contributed by atoms with Crippen molar-refractivity contribution < 1.29 is 28.6 Å². The van der Waals surface area contributed by atoms with Gasteiger partial charge >= 0.3 is 17.9 Å². The number of esters is 3. The SMILES string of the molecule is C=C(C)C(=O)OC12CC3(OC(C)=O)CC1CC(OC(C)=O)(C3)C2. The Balaban J connectivity index is 1.93. The zero-order valence-electron chi connectivity index (χ0n) is 13.8. The molecule has 6 nitrogen and oxygen atoms in total. The average molecular weight is 322 g/mol. The van der Waals surface area contributed by atoms with Gasteiger partial charge in [0.25, 0.3) is 0 Å². The van der Waals surface area contributed by atoms with Gasteiger partial charge in [-0.2, -0.15) is 0 Å². The summed E-state index contributed by atoms with van der Waals surface area (Å²) in [5.41, 5.74) is -1.83. The van der Waals surface area contributed by atoms with Gasteiger partial charge in [-0.05, 0) is 19.8 Å². The molecule has 2 atom stereocenters. The molecule has 2 unspecified atom stereocenters. The monoisotopic (exact) mass is 322 g/mol. The first-order chi connectivity index (χ1) is 10.6. The zero-order valence-corrected chi connectivity index (χ0v) is 13.8. The van der Waals surface area contributed by atoms with E-state index in [1.165, 1.54) is 13.8 Å². The van der Waals surface area contributed by atoms with Crippen LogP contribution >= 0.6 is 0 Å². The van der Waals surface area contributed by atoms with Crippen LogP contribution in [0, 0.1) is 5.92 Å². The molecule has 6 heteroatoms. The first-order valence-corrected chi connectivity index (χ1v) is 7.87. The van der Waals surface area contributed by atoms with E-state index in [2.05, 4.69) is 6.58 Å². The van der Waals surface area contributed by atoms with Gasteiger partial charge in [0, 0.05) is 44.6 Å². The largest absolute Gasteiger partial charge is 0.459 e. The second-order valence-electron chi connectivity index (χ2n) is 7.42. The van der Waals surface area contributed by atoms with E-state index in [4.69, 9.17) is 14.2 Å². The van der Waals surface area contributed by atoms with E-state index >= 15 is 0 Å². The standard InChI is InChI=1S/C17H22O6/c1-10(2)14(20)23-17-8-15(21-11(3)18)5-13(17)6-16(7-15,9-17)22-12(4)19/h13H,1,5-9H2,2-4H3. The van der Waals surface area contributed by atoms with E-state index in [1.54, 1.807) is 6.92 Å². The number of carbonyl (C=O) groups is 3. The van der Waals surface area contributed by atoms with Gasteiger partial charge in [0.1, 0.15) is 16.8 Å². The third kappa shape index (κ3) is 2.54. The second kappa shape index (κ2) is 4.82. The molecule has 4 saturated carbocycles. The van der Waals surface area contributed by atoms with Crippen molar-refractivity contribution in [3.8, 4) is 0 Å². The Kier molecular flexibility index (Phi) is 3.36. The second-order valence-corrected chi connectivity index (χ2v) is 7.42. The summed E-state index contributed by atoms with van der Waals surface area (Å²) < 4.78 is 17.0. The molecule has 4 fully saturated rings. The summed E-state index contributed by atoms with van der Waals surface area (Å²) in [5, 5.41) is 0. The van der Waals surface area contributed by atoms with Crippen LogP contribution in [0.3, 0.4) is 0 Å². The van der Waals surface area contributed by atoms with E-state index in [0.717, 1.165) is 0 Å². The van der Waals surface area contributed by atoms with E-state index in [-0.39, 0.29) is 17.9 Å². The molecule has 4 bridgehead atoms. The number of hydrogen-bond donors (Lipinski definition) is 0. The van der Waals surface area contributed by atoms with Crippen LogP contribution in [-0.2, 0) is 28.6 Å². The molecular formula is C17H22O6. The van der Waals surface area contributed by atoms with Gasteiger partial charge in [0.2, 0.25) is 0 Å². The van der Waals surface area contributed by atoms with Crippen molar-refractivity contribution in [2.75, 3.05) is 0 Å². The van der Waals surface area contributed by atoms with Crippen molar-refractivity contribution in [1.29, 1.82) is 0 Å². The van der Waals surface area contributed by atoms with Gasteiger partial charge < -0.3 is 14.2 Å². The summed E-state index contributed by atoms with van der Waals surface area (Å²) in [6.07, 6.45) is 2.68. The number of carbonyl (C=O) groups excluding carboxylic acids is 3. The summed E-state index contributed by atoms with van der Waals surface area (Å²) in [7, 11) is 0. The summed E-state index contributed by atoms with van der Waals surface area (Å²) in [6, 6.07) is 0. The van der Waals surface area contributed by atoms with Gasteiger partial charge in [0.05, 0.1) is 0 Å². The van der Waals surface area contributed by atoms with Crippen LogP contribution in [0.15, 0.2) is 12.2 Å². The molecule has 23 heavy (non-hydrogen) atoms. The van der Waals surface area contributed by atoms with Crippen LogP contribution in [0.4, 0.5) is 0 Å². The fraction of sp³-hybridized carbons (Fsp3) is 0.706. The summed E-state index contributed by atoms with van der Waals surface area (Å²) >= 11 is 0. The summed E-state index contributed by atoms with van der Waals surface area (Å²) in [5.74, 6) is -1.16. The lowest BCUT2D eigenvalue weighted by molar-refractivity contribution is -0.194. The molecule has 0 N–H and O–H groups in total. The quantitative estimate of drug-likeness (QED) is 0.448. The number of ether oxygens (including phenoxy) is 3. The lowest BCUT2D eigenvalue weighted by Gasteiger charge is -2.45. The molecule has 4 aliphatic carbocycles. The molecular weight excluding hydrogens is 300 g/mol. The van der Waals surface area contributed by atoms with Crippen molar-refractivity contribution in [1.82, 2.24) is 0 Å². The van der Waals surface area contributed by atoms with Crippen LogP contribution in [-0.4, -0.2) is 34.7 Å². The van der Waals surface area contributed by atoms with Crippen molar-refractivity contribution in [3.63, 3.8) is 0 Å². The van der Waals surface area contributed by atoms with E-state index in [1.807, 2.05) is 0 Å². The molecule has 0 spiro atoms. The van der Waals surface area contributed by atoms with Crippen LogP contribution in [0.2, 0.25) is 0 Å². The van der Waals surface area contributed by atoms with Crippen LogP contribution in [0.25, 0.3) is 0 Å². The van der Waals surface area contributed by atoms with Gasteiger partial charge in [0.15, 0.2) is 0 Å². The van der Waals surface area contributed by atoms with Gasteiger partial charge in [-0.15, -0.1) is 0 Å². The highest BCUT2D eigenvalue weighted by molar-refractivity contribution is 5.87. The summed E-state index contributed by atoms with van der Waals surface area (Å²) in [6.45, 7) is 7.96. The van der Waals surface area contributed by atoms with Gasteiger partial charge in [-0.25, -0.2) is 4.79 Å². The van der Waals surface area contributed by atoms with E-state index in [9.17, 15) is 14.4 Å². The normalized spacial score (nSPS) is 39.9. The number of rotatable bonds is 4. The minimum atomic E-state index is -0.737. The Labute approximate surface area is 135 Å². The molecule has 4 rings (SSSR count). The van der Waals surface area contributed by atoms with Crippen LogP contribution in [0.5, 0.6) is 0 Å². The topological polar surface area (TPSA) is 78.9 Å². The first kappa shape index (κ1) is 16.0. The Morgan fingerprint density at radius 2 is 1.35 bits per heavy atom. The molecule has 0 heterocycles. The molecule has 126 valence electrons. The van der Waals surface area contributed by atoms with Gasteiger partial charge in [-0.3, -0.25) is 9.59 Å². The first-order valence-electron chi connectivity index (χ1n) is 7.87. The highest BCUT2D eigenvalue weighted by Crippen LogP contribution is 2.67. The Morgan fingerprint density at radius 1 is 0.870 bits per heavy atom. The third-order valence-corrected chi connectivity index (χ3v) is 5.23. The minimum absolute atomic E-state index is 0.0262. The molecule has 0 aliphatic heterocycles. The fourth-order valence-electron chi connectivity index (χ4n) is 5.05. The lowest BCUT2D eigenvalue weighted by atomic mass is 9.74. The minimum Gasteiger partial charge on any atom is -0.459 e. The Hall–Kier alpha value is -1.85. The van der Waals surface area contributed by atoms with Crippen molar-refractivity contribution in [2.45, 2.75) is 69.7 Å². The van der Waals surface area contributed by atoms with Gasteiger partial charge in [-0.1, -0.05) is 6.58 Å². The molecule has 0 aromatic carbocycles. The third-order valence-electron chi connectivity index (χ3n) is 5.23. The smallest absolute Gasteiger partial charge is 0.333 e. The van der Waals surface area contributed by atoms with E-state index in [0.29, 0.717) is 37.7 Å². The van der Waals surface area contributed by atoms with Crippen molar-refractivity contribution >= 4 is 17.9 Å². The molecule has 0 aromatic heterocycles. The highest BCUT2D eigenvalue weighted by atomic mass is 16.6. The zero-order chi connectivity index (χ0) is 17.0. The lowest BCUT2D eigenvalue weighted by Crippen LogP contribution is -2.52. The van der Waals surface area contributed by atoms with E-state index < -0.39 is 22.8 Å². The molecule has 0 saturated heterocycles. The van der Waals surface area contributed by atoms with Crippen LogP contribution in [0.1, 0.15) is 52.9 Å². The van der Waals surface area contributed by atoms with Crippen molar-refractivity contribution in [3.05, 3.63) is 12.2 Å². The predicted molar refractivity (Wildman–Crippen MR) is 79.2 cm³/mol. The average Bonchev–Trinajstić information content (AvgIpc) is 2.66. The maximum absolute atomic E-state index is 12.1. The predicted octanol–water partition coefficient (Wildman–Crippen LogP) is 2.06. The highest BCUT2D eigenvalue weighted by Gasteiger charge is 2.74. The van der Waals surface area contributed by atoms with Crippen molar-refractivity contribution in [2.24, 2.45) is 5.92 Å². The summed E-state index contributed by atoms with van der Waals surface area (Å²) in [4.78, 5) is 35.1. The molecule has 0 aromatic rings. The Bertz CT molecular complexity index is 574. The molecule has 0 radical (unpaired) electrons. The fourth-order valence-corrected chi connectivity index (χ4v) is 5.05. The van der Waals surface area contributed by atoms with Crippen LogP contribution < -0.4 is 0 Å². The number of hydrogen-bond acceptors (Lipinski definition) is 6. The maximum atomic E-state index is 12.1.